The van der Waals surface area contributed by atoms with E-state index in [4.69, 9.17) is 10.5 Å². The second-order valence-electron chi connectivity index (χ2n) is 2.55. The van der Waals surface area contributed by atoms with E-state index in [0.717, 1.165) is 6.42 Å². The van der Waals surface area contributed by atoms with Gasteiger partial charge in [0.25, 0.3) is 0 Å². The lowest BCUT2D eigenvalue weighted by Crippen LogP contribution is -2.24. The Kier molecular flexibility index (Phi) is 6.07. The number of Topliss-reactive ketones (excluding diaryl/α,β-unsaturated/α-hetero) is 1. The molecule has 0 aliphatic carbocycles. The standard InChI is InChI=1S/C8H17NO2/c1-3-7(9)5-8(10)6-11-4-2/h7H,3-6,9H2,1-2H3. The molecule has 0 aromatic carbocycles. The van der Waals surface area contributed by atoms with Crippen LogP contribution in [0.25, 0.3) is 0 Å². The van der Waals surface area contributed by atoms with E-state index in [9.17, 15) is 4.79 Å². The first kappa shape index (κ1) is 10.6. The molecule has 3 nitrogen and oxygen atoms in total. The van der Waals surface area contributed by atoms with E-state index in [1.54, 1.807) is 0 Å². The molecule has 0 aromatic rings. The molecule has 1 unspecified atom stereocenters. The van der Waals surface area contributed by atoms with Gasteiger partial charge in [0, 0.05) is 19.1 Å². The van der Waals surface area contributed by atoms with Crippen LogP contribution >= 0.6 is 0 Å². The van der Waals surface area contributed by atoms with Crippen LogP contribution in [0.4, 0.5) is 0 Å². The monoisotopic (exact) mass is 159 g/mol. The Morgan fingerprint density at radius 2 is 2.18 bits per heavy atom. The quantitative estimate of drug-likeness (QED) is 0.621. The van der Waals surface area contributed by atoms with Crippen LogP contribution in [0.3, 0.4) is 0 Å². The van der Waals surface area contributed by atoms with Crippen LogP contribution in [-0.4, -0.2) is 25.0 Å². The van der Waals surface area contributed by atoms with E-state index in [0.29, 0.717) is 13.0 Å². The average Bonchev–Trinajstić information content (AvgIpc) is 2.00. The van der Waals surface area contributed by atoms with Crippen molar-refractivity contribution in [2.45, 2.75) is 32.7 Å². The second-order valence-corrected chi connectivity index (χ2v) is 2.55. The lowest BCUT2D eigenvalue weighted by atomic mass is 10.1. The molecule has 0 rings (SSSR count). The summed E-state index contributed by atoms with van der Waals surface area (Å²) in [6, 6.07) is 0.00274. The number of ether oxygens (including phenoxy) is 1. The minimum atomic E-state index is 0.00274. The van der Waals surface area contributed by atoms with Crippen molar-refractivity contribution in [2.24, 2.45) is 5.73 Å². The van der Waals surface area contributed by atoms with Crippen LogP contribution in [0.5, 0.6) is 0 Å². The highest BCUT2D eigenvalue weighted by molar-refractivity contribution is 5.80. The largest absolute Gasteiger partial charge is 0.374 e. The van der Waals surface area contributed by atoms with Crippen LogP contribution in [-0.2, 0) is 9.53 Å². The number of hydrogen-bond acceptors (Lipinski definition) is 3. The molecule has 0 saturated heterocycles. The highest BCUT2D eigenvalue weighted by Crippen LogP contribution is 1.94. The van der Waals surface area contributed by atoms with Crippen LogP contribution in [0.2, 0.25) is 0 Å². The molecule has 0 heterocycles. The van der Waals surface area contributed by atoms with E-state index in [1.807, 2.05) is 13.8 Å². The topological polar surface area (TPSA) is 52.3 Å². The van der Waals surface area contributed by atoms with Gasteiger partial charge in [0.2, 0.25) is 0 Å². The summed E-state index contributed by atoms with van der Waals surface area (Å²) in [5.74, 6) is 0.0983. The van der Waals surface area contributed by atoms with E-state index < -0.39 is 0 Å². The fourth-order valence-corrected chi connectivity index (χ4v) is 0.712. The van der Waals surface area contributed by atoms with Crippen molar-refractivity contribution >= 4 is 5.78 Å². The fourth-order valence-electron chi connectivity index (χ4n) is 0.712. The van der Waals surface area contributed by atoms with Gasteiger partial charge < -0.3 is 10.5 Å². The van der Waals surface area contributed by atoms with Crippen molar-refractivity contribution in [1.29, 1.82) is 0 Å². The Balaban J connectivity index is 3.36. The van der Waals surface area contributed by atoms with Gasteiger partial charge in [-0.05, 0) is 13.3 Å². The summed E-state index contributed by atoms with van der Waals surface area (Å²) in [5.41, 5.74) is 5.57. The summed E-state index contributed by atoms with van der Waals surface area (Å²) in [6.07, 6.45) is 1.29. The summed E-state index contributed by atoms with van der Waals surface area (Å²) in [5, 5.41) is 0. The smallest absolute Gasteiger partial charge is 0.160 e. The van der Waals surface area contributed by atoms with Crippen molar-refractivity contribution in [3.05, 3.63) is 0 Å². The Bertz CT molecular complexity index is 115. The van der Waals surface area contributed by atoms with Gasteiger partial charge in [-0.3, -0.25) is 4.79 Å². The Morgan fingerprint density at radius 1 is 1.55 bits per heavy atom. The number of hydrogen-bond donors (Lipinski definition) is 1. The van der Waals surface area contributed by atoms with E-state index in [2.05, 4.69) is 0 Å². The summed E-state index contributed by atoms with van der Waals surface area (Å²) in [7, 11) is 0. The Morgan fingerprint density at radius 3 is 2.64 bits per heavy atom. The summed E-state index contributed by atoms with van der Waals surface area (Å²) in [4.78, 5) is 11.0. The zero-order valence-electron chi connectivity index (χ0n) is 7.30. The summed E-state index contributed by atoms with van der Waals surface area (Å²) in [6.45, 7) is 4.64. The van der Waals surface area contributed by atoms with Gasteiger partial charge in [-0.2, -0.15) is 0 Å². The van der Waals surface area contributed by atoms with Crippen LogP contribution < -0.4 is 5.73 Å². The summed E-state index contributed by atoms with van der Waals surface area (Å²) < 4.78 is 4.94. The minimum absolute atomic E-state index is 0.00274. The number of rotatable bonds is 6. The van der Waals surface area contributed by atoms with Crippen molar-refractivity contribution in [3.63, 3.8) is 0 Å². The molecule has 0 spiro atoms. The SMILES string of the molecule is CCOCC(=O)CC(N)CC. The molecule has 0 aromatic heterocycles. The molecule has 3 heteroatoms. The van der Waals surface area contributed by atoms with Gasteiger partial charge >= 0.3 is 0 Å². The third-order valence-electron chi connectivity index (χ3n) is 1.48. The van der Waals surface area contributed by atoms with Crippen molar-refractivity contribution in [2.75, 3.05) is 13.2 Å². The molecule has 0 aliphatic heterocycles. The van der Waals surface area contributed by atoms with Gasteiger partial charge in [-0.15, -0.1) is 0 Å². The maximum Gasteiger partial charge on any atom is 0.160 e. The molecule has 0 saturated carbocycles. The third kappa shape index (κ3) is 6.01. The predicted molar refractivity (Wildman–Crippen MR) is 44.4 cm³/mol. The molecule has 0 radical (unpaired) electrons. The van der Waals surface area contributed by atoms with Crippen molar-refractivity contribution < 1.29 is 9.53 Å². The van der Waals surface area contributed by atoms with Gasteiger partial charge in [0.15, 0.2) is 5.78 Å². The molecule has 11 heavy (non-hydrogen) atoms. The molecule has 0 aliphatic rings. The Labute approximate surface area is 67.9 Å². The lowest BCUT2D eigenvalue weighted by Gasteiger charge is -2.06. The third-order valence-corrected chi connectivity index (χ3v) is 1.48. The van der Waals surface area contributed by atoms with Crippen LogP contribution in [0, 0.1) is 0 Å². The number of ketones is 1. The van der Waals surface area contributed by atoms with Gasteiger partial charge in [0.1, 0.15) is 6.61 Å². The van der Waals surface area contributed by atoms with Crippen LogP contribution in [0.1, 0.15) is 26.7 Å². The summed E-state index contributed by atoms with van der Waals surface area (Å²) >= 11 is 0. The van der Waals surface area contributed by atoms with Gasteiger partial charge in [-0.25, -0.2) is 0 Å². The highest BCUT2D eigenvalue weighted by Gasteiger charge is 2.06. The molecular formula is C8H17NO2. The molecule has 0 amide bonds. The molecule has 0 bridgehead atoms. The van der Waals surface area contributed by atoms with Crippen molar-refractivity contribution in [3.8, 4) is 0 Å². The van der Waals surface area contributed by atoms with E-state index in [-0.39, 0.29) is 18.4 Å². The number of carbonyl (C=O) groups excluding carboxylic acids is 1. The molecule has 1 atom stereocenters. The number of nitrogens with two attached hydrogens (primary N) is 1. The second kappa shape index (κ2) is 6.31. The van der Waals surface area contributed by atoms with E-state index >= 15 is 0 Å². The normalized spacial score (nSPS) is 13.0. The van der Waals surface area contributed by atoms with Gasteiger partial charge in [0.05, 0.1) is 0 Å². The highest BCUT2D eigenvalue weighted by atomic mass is 16.5. The maximum atomic E-state index is 11.0. The predicted octanol–water partition coefficient (Wildman–Crippen LogP) is 0.719. The first-order valence-corrected chi connectivity index (χ1v) is 4.05. The first-order chi connectivity index (χ1) is 5.20. The van der Waals surface area contributed by atoms with Crippen molar-refractivity contribution in [1.82, 2.24) is 0 Å². The minimum Gasteiger partial charge on any atom is -0.374 e. The molecule has 2 N–H and O–H groups in total. The van der Waals surface area contributed by atoms with Gasteiger partial charge in [-0.1, -0.05) is 6.92 Å². The molecule has 0 fully saturated rings. The average molecular weight is 159 g/mol. The molecule has 66 valence electrons. The lowest BCUT2D eigenvalue weighted by molar-refractivity contribution is -0.123. The zero-order valence-corrected chi connectivity index (χ0v) is 7.30. The first-order valence-electron chi connectivity index (χ1n) is 4.05. The van der Waals surface area contributed by atoms with Crippen LogP contribution in [0.15, 0.2) is 0 Å². The number of carbonyl (C=O) groups is 1. The zero-order chi connectivity index (χ0) is 8.69. The fraction of sp³-hybridized carbons (Fsp3) is 0.875. The maximum absolute atomic E-state index is 11.0. The van der Waals surface area contributed by atoms with E-state index in [1.165, 1.54) is 0 Å². The Hall–Kier alpha value is -0.410. The molecular weight excluding hydrogens is 142 g/mol.